The van der Waals surface area contributed by atoms with Crippen LogP contribution in [0.15, 0.2) is 52.4 Å². The lowest BCUT2D eigenvalue weighted by Gasteiger charge is -2.14. The molecule has 0 bridgehead atoms. The van der Waals surface area contributed by atoms with Crippen molar-refractivity contribution < 1.29 is 19.4 Å². The highest BCUT2D eigenvalue weighted by Crippen LogP contribution is 2.27. The average Bonchev–Trinajstić information content (AvgIpc) is 2.79. The Morgan fingerprint density at radius 2 is 1.94 bits per heavy atom. The summed E-state index contributed by atoms with van der Waals surface area (Å²) in [6, 6.07) is 12.7. The van der Waals surface area contributed by atoms with E-state index < -0.39 is 6.10 Å². The summed E-state index contributed by atoms with van der Waals surface area (Å²) in [5, 5.41) is 13.6. The molecule has 9 heteroatoms. The Kier molecular flexibility index (Phi) is 8.13. The molecule has 1 heterocycles. The van der Waals surface area contributed by atoms with Crippen molar-refractivity contribution in [1.29, 1.82) is 0 Å². The maximum absolute atomic E-state index is 12.8. The first kappa shape index (κ1) is 23.6. The van der Waals surface area contributed by atoms with Crippen molar-refractivity contribution in [2.24, 2.45) is 0 Å². The van der Waals surface area contributed by atoms with E-state index >= 15 is 0 Å². The Balaban J connectivity index is 1.62. The second-order valence-electron chi connectivity index (χ2n) is 7.25. The number of rotatable bonds is 10. The van der Waals surface area contributed by atoms with Crippen molar-refractivity contribution in [3.05, 3.63) is 58.4 Å². The number of benzene rings is 2. The van der Waals surface area contributed by atoms with Crippen molar-refractivity contribution in [2.75, 3.05) is 26.5 Å². The molecule has 0 saturated heterocycles. The lowest BCUT2D eigenvalue weighted by atomic mass is 10.1. The van der Waals surface area contributed by atoms with Gasteiger partial charge in [-0.15, -0.1) is 0 Å². The Hall–Kier alpha value is -3.04. The monoisotopic (exact) mass is 457 g/mol. The molecule has 0 saturated carbocycles. The van der Waals surface area contributed by atoms with Crippen LogP contribution in [0.5, 0.6) is 11.5 Å². The summed E-state index contributed by atoms with van der Waals surface area (Å²) in [6.07, 6.45) is -0.0807. The van der Waals surface area contributed by atoms with Crippen molar-refractivity contribution >= 4 is 28.6 Å². The molecule has 1 aromatic heterocycles. The molecule has 2 aromatic carbocycles. The number of thioether (sulfide) groups is 1. The number of hydrogen-bond donors (Lipinski definition) is 2. The lowest BCUT2D eigenvalue weighted by molar-refractivity contribution is -0.118. The van der Waals surface area contributed by atoms with Crippen LogP contribution in [0, 0.1) is 0 Å². The fraction of sp³-hybridized carbons (Fsp3) is 0.348. The van der Waals surface area contributed by atoms with Gasteiger partial charge in [-0.1, -0.05) is 30.0 Å². The standard InChI is InChI=1S/C23H27N3O5S/c1-15(27)13-26-22(29)17-6-4-5-7-18(17)25-23(26)32-14-21(28)24-11-10-16-8-9-19(30-2)20(12-16)31-3/h4-9,12,15,27H,10-11,13-14H2,1-3H3,(H,24,28)/t15-/m1/s1. The van der Waals surface area contributed by atoms with Gasteiger partial charge in [0.25, 0.3) is 5.56 Å². The summed E-state index contributed by atoms with van der Waals surface area (Å²) in [6.45, 7) is 2.18. The zero-order valence-electron chi connectivity index (χ0n) is 18.3. The molecule has 0 fully saturated rings. The number of aromatic nitrogens is 2. The number of amides is 1. The van der Waals surface area contributed by atoms with Gasteiger partial charge in [-0.2, -0.15) is 0 Å². The number of fused-ring (bicyclic) bond motifs is 1. The molecule has 32 heavy (non-hydrogen) atoms. The van der Waals surface area contributed by atoms with E-state index in [-0.39, 0.29) is 23.8 Å². The maximum Gasteiger partial charge on any atom is 0.262 e. The Labute approximate surface area is 190 Å². The number of methoxy groups -OCH3 is 2. The van der Waals surface area contributed by atoms with Crippen LogP contribution in [0.2, 0.25) is 0 Å². The van der Waals surface area contributed by atoms with Crippen LogP contribution >= 0.6 is 11.8 Å². The first-order valence-electron chi connectivity index (χ1n) is 10.2. The van der Waals surface area contributed by atoms with Crippen LogP contribution in [0.1, 0.15) is 12.5 Å². The number of nitrogens with zero attached hydrogens (tertiary/aromatic N) is 2. The molecule has 170 valence electrons. The molecular formula is C23H27N3O5S. The fourth-order valence-corrected chi connectivity index (χ4v) is 4.09. The summed E-state index contributed by atoms with van der Waals surface area (Å²) in [5.41, 5.74) is 1.35. The molecule has 2 N–H and O–H groups in total. The van der Waals surface area contributed by atoms with Gasteiger partial charge in [-0.25, -0.2) is 4.98 Å². The first-order valence-corrected chi connectivity index (χ1v) is 11.2. The molecule has 0 aliphatic carbocycles. The van der Waals surface area contributed by atoms with Crippen LogP contribution in [-0.2, 0) is 17.8 Å². The fourth-order valence-electron chi connectivity index (χ4n) is 3.25. The third kappa shape index (κ3) is 5.80. The molecule has 8 nitrogen and oxygen atoms in total. The Morgan fingerprint density at radius 1 is 1.19 bits per heavy atom. The molecule has 0 radical (unpaired) electrons. The number of carbonyl (C=O) groups excluding carboxylic acids is 1. The van der Waals surface area contributed by atoms with Crippen LogP contribution < -0.4 is 20.3 Å². The molecule has 1 atom stereocenters. The zero-order valence-corrected chi connectivity index (χ0v) is 19.1. The lowest BCUT2D eigenvalue weighted by Crippen LogP contribution is -2.30. The van der Waals surface area contributed by atoms with Gasteiger partial charge in [-0.3, -0.25) is 14.2 Å². The molecule has 3 aromatic rings. The zero-order chi connectivity index (χ0) is 23.1. The van der Waals surface area contributed by atoms with Crippen molar-refractivity contribution in [1.82, 2.24) is 14.9 Å². The minimum atomic E-state index is -0.717. The normalized spacial score (nSPS) is 11.9. The van der Waals surface area contributed by atoms with E-state index in [9.17, 15) is 14.7 Å². The molecule has 0 spiro atoms. The molecule has 0 aliphatic heterocycles. The highest BCUT2D eigenvalue weighted by Gasteiger charge is 2.14. The number of aliphatic hydroxyl groups excluding tert-OH is 1. The predicted octanol–water partition coefficient (Wildman–Crippen LogP) is 2.25. The topological polar surface area (TPSA) is 103 Å². The van der Waals surface area contributed by atoms with Gasteiger partial charge >= 0.3 is 0 Å². The van der Waals surface area contributed by atoms with E-state index in [1.54, 1.807) is 39.3 Å². The second-order valence-corrected chi connectivity index (χ2v) is 8.20. The molecule has 0 aliphatic rings. The van der Waals surface area contributed by atoms with Gasteiger partial charge in [0, 0.05) is 6.54 Å². The van der Waals surface area contributed by atoms with Crippen LogP contribution in [-0.4, -0.2) is 53.2 Å². The number of hydrogen-bond acceptors (Lipinski definition) is 7. The predicted molar refractivity (Wildman–Crippen MR) is 125 cm³/mol. The summed E-state index contributed by atoms with van der Waals surface area (Å²) in [7, 11) is 3.17. The number of carbonyl (C=O) groups is 1. The third-order valence-corrected chi connectivity index (χ3v) is 5.77. The molecule has 3 rings (SSSR count). The van der Waals surface area contributed by atoms with Crippen molar-refractivity contribution in [3.8, 4) is 11.5 Å². The molecule has 1 amide bonds. The largest absolute Gasteiger partial charge is 0.493 e. The van der Waals surface area contributed by atoms with E-state index in [4.69, 9.17) is 9.47 Å². The first-order chi connectivity index (χ1) is 15.4. The van der Waals surface area contributed by atoms with Gasteiger partial charge in [0.1, 0.15) is 0 Å². The van der Waals surface area contributed by atoms with Crippen LogP contribution in [0.25, 0.3) is 10.9 Å². The minimum Gasteiger partial charge on any atom is -0.493 e. The van der Waals surface area contributed by atoms with E-state index in [0.717, 1.165) is 5.56 Å². The third-order valence-electron chi connectivity index (χ3n) is 4.79. The van der Waals surface area contributed by atoms with E-state index in [0.29, 0.717) is 40.5 Å². The summed E-state index contributed by atoms with van der Waals surface area (Å²) >= 11 is 1.18. The van der Waals surface area contributed by atoms with Gasteiger partial charge in [0.15, 0.2) is 16.7 Å². The number of aliphatic hydroxyl groups is 1. The highest BCUT2D eigenvalue weighted by molar-refractivity contribution is 7.99. The van der Waals surface area contributed by atoms with Crippen molar-refractivity contribution in [2.45, 2.75) is 31.1 Å². The summed E-state index contributed by atoms with van der Waals surface area (Å²) < 4.78 is 12.0. The number of nitrogens with one attached hydrogen (secondary N) is 1. The van der Waals surface area contributed by atoms with E-state index in [1.165, 1.54) is 16.3 Å². The Bertz CT molecular complexity index is 1150. The molecule has 0 unspecified atom stereocenters. The summed E-state index contributed by atoms with van der Waals surface area (Å²) in [4.78, 5) is 29.7. The van der Waals surface area contributed by atoms with Gasteiger partial charge in [0.2, 0.25) is 5.91 Å². The number of ether oxygens (including phenoxy) is 2. The van der Waals surface area contributed by atoms with Crippen LogP contribution in [0.4, 0.5) is 0 Å². The van der Waals surface area contributed by atoms with E-state index in [2.05, 4.69) is 10.3 Å². The SMILES string of the molecule is COc1ccc(CCNC(=O)CSc2nc3ccccc3c(=O)n2C[C@@H](C)O)cc1OC. The van der Waals surface area contributed by atoms with Crippen LogP contribution in [0.3, 0.4) is 0 Å². The Morgan fingerprint density at radius 3 is 2.66 bits per heavy atom. The highest BCUT2D eigenvalue weighted by atomic mass is 32.2. The molecular weight excluding hydrogens is 430 g/mol. The van der Waals surface area contributed by atoms with E-state index in [1.807, 2.05) is 24.3 Å². The average molecular weight is 458 g/mol. The quantitative estimate of drug-likeness (QED) is 0.356. The van der Waals surface area contributed by atoms with Gasteiger partial charge in [0.05, 0.1) is 43.5 Å². The minimum absolute atomic E-state index is 0.108. The smallest absolute Gasteiger partial charge is 0.262 e. The number of para-hydroxylation sites is 1. The summed E-state index contributed by atoms with van der Waals surface area (Å²) in [5.74, 6) is 1.24. The maximum atomic E-state index is 12.8. The van der Waals surface area contributed by atoms with Gasteiger partial charge < -0.3 is 19.9 Å². The van der Waals surface area contributed by atoms with Crippen molar-refractivity contribution in [3.63, 3.8) is 0 Å². The van der Waals surface area contributed by atoms with Gasteiger partial charge in [-0.05, 0) is 43.2 Å². The second kappa shape index (κ2) is 11.0.